The third-order valence-electron chi connectivity index (χ3n) is 3.74. The fourth-order valence-electron chi connectivity index (χ4n) is 2.73. The molecular formula is C18H24N2O2S. The van der Waals surface area contributed by atoms with Gasteiger partial charge in [-0.15, -0.1) is 11.3 Å². The van der Waals surface area contributed by atoms with E-state index in [1.54, 1.807) is 10.3 Å². The van der Waals surface area contributed by atoms with Crippen LogP contribution in [0.25, 0.3) is 10.6 Å². The predicted molar refractivity (Wildman–Crippen MR) is 91.2 cm³/mol. The average Bonchev–Trinajstić information content (AvgIpc) is 2.96. The van der Waals surface area contributed by atoms with Gasteiger partial charge in [-0.2, -0.15) is 0 Å². The van der Waals surface area contributed by atoms with Crippen LogP contribution in [0.3, 0.4) is 0 Å². The van der Waals surface area contributed by atoms with Gasteiger partial charge in [0.1, 0.15) is 11.6 Å². The SMILES string of the molecule is CCC[NH+](CCC)Cc1ccc(-c2nc(CC(=O)[O-])cs2)cc1. The van der Waals surface area contributed by atoms with Gasteiger partial charge in [0, 0.05) is 28.9 Å². The van der Waals surface area contributed by atoms with Crippen molar-refractivity contribution in [2.24, 2.45) is 0 Å². The number of thiazole rings is 1. The van der Waals surface area contributed by atoms with Gasteiger partial charge in [0.2, 0.25) is 0 Å². The lowest BCUT2D eigenvalue weighted by atomic mass is 10.1. The number of nitrogens with zero attached hydrogens (tertiary/aromatic N) is 1. The van der Waals surface area contributed by atoms with Gasteiger partial charge < -0.3 is 14.8 Å². The highest BCUT2D eigenvalue weighted by Crippen LogP contribution is 2.24. The van der Waals surface area contributed by atoms with Crippen LogP contribution in [0.15, 0.2) is 29.6 Å². The van der Waals surface area contributed by atoms with Crippen LogP contribution >= 0.6 is 11.3 Å². The highest BCUT2D eigenvalue weighted by atomic mass is 32.1. The van der Waals surface area contributed by atoms with E-state index >= 15 is 0 Å². The number of carboxylic acid groups (broad SMARTS) is 1. The first-order chi connectivity index (χ1) is 11.1. The van der Waals surface area contributed by atoms with Crippen LogP contribution in [0.1, 0.15) is 37.9 Å². The summed E-state index contributed by atoms with van der Waals surface area (Å²) in [7, 11) is 0. The molecule has 0 spiro atoms. The van der Waals surface area contributed by atoms with Crippen LogP contribution in [-0.2, 0) is 17.8 Å². The Morgan fingerprint density at radius 2 is 1.83 bits per heavy atom. The van der Waals surface area contributed by atoms with Crippen molar-refractivity contribution in [2.45, 2.75) is 39.7 Å². The van der Waals surface area contributed by atoms with E-state index in [1.165, 1.54) is 42.8 Å². The number of quaternary nitrogens is 1. The minimum Gasteiger partial charge on any atom is -0.550 e. The number of carboxylic acids is 1. The van der Waals surface area contributed by atoms with Crippen molar-refractivity contribution < 1.29 is 14.8 Å². The monoisotopic (exact) mass is 332 g/mol. The van der Waals surface area contributed by atoms with Crippen molar-refractivity contribution in [3.8, 4) is 10.6 Å². The average molecular weight is 332 g/mol. The zero-order valence-electron chi connectivity index (χ0n) is 13.8. The van der Waals surface area contributed by atoms with Crippen LogP contribution < -0.4 is 10.0 Å². The van der Waals surface area contributed by atoms with E-state index in [-0.39, 0.29) is 6.42 Å². The topological polar surface area (TPSA) is 57.5 Å². The lowest BCUT2D eigenvalue weighted by Crippen LogP contribution is -3.10. The van der Waals surface area contributed by atoms with Gasteiger partial charge in [0.05, 0.1) is 18.8 Å². The number of nitrogens with one attached hydrogen (secondary N) is 1. The highest BCUT2D eigenvalue weighted by Gasteiger charge is 2.09. The summed E-state index contributed by atoms with van der Waals surface area (Å²) in [4.78, 5) is 16.6. The molecule has 0 fully saturated rings. The molecule has 0 aliphatic rings. The smallest absolute Gasteiger partial charge is 0.123 e. The molecule has 0 saturated carbocycles. The van der Waals surface area contributed by atoms with Crippen molar-refractivity contribution in [1.29, 1.82) is 0 Å². The number of rotatable bonds is 9. The third kappa shape index (κ3) is 5.44. The second-order valence-electron chi connectivity index (χ2n) is 5.82. The molecule has 23 heavy (non-hydrogen) atoms. The molecule has 0 amide bonds. The van der Waals surface area contributed by atoms with Gasteiger partial charge in [-0.3, -0.25) is 0 Å². The molecule has 2 rings (SSSR count). The number of carbonyl (C=O) groups excluding carboxylic acids is 1. The van der Waals surface area contributed by atoms with E-state index in [1.807, 2.05) is 0 Å². The Morgan fingerprint density at radius 1 is 1.17 bits per heavy atom. The van der Waals surface area contributed by atoms with Crippen molar-refractivity contribution in [2.75, 3.05) is 13.1 Å². The van der Waals surface area contributed by atoms with Gasteiger partial charge in [0.15, 0.2) is 0 Å². The van der Waals surface area contributed by atoms with Crippen molar-refractivity contribution in [3.05, 3.63) is 40.9 Å². The first-order valence-corrected chi connectivity index (χ1v) is 9.07. The summed E-state index contributed by atoms with van der Waals surface area (Å²) in [6.45, 7) is 7.91. The molecule has 5 heteroatoms. The van der Waals surface area contributed by atoms with Crippen molar-refractivity contribution >= 4 is 17.3 Å². The molecule has 1 aromatic carbocycles. The zero-order chi connectivity index (χ0) is 16.7. The van der Waals surface area contributed by atoms with E-state index in [4.69, 9.17) is 0 Å². The van der Waals surface area contributed by atoms with Crippen LogP contribution in [0, 0.1) is 0 Å². The number of carbonyl (C=O) groups is 1. The fraction of sp³-hybridized carbons (Fsp3) is 0.444. The Labute approximate surface area is 141 Å². The zero-order valence-corrected chi connectivity index (χ0v) is 14.6. The molecule has 2 aromatic rings. The summed E-state index contributed by atoms with van der Waals surface area (Å²) >= 11 is 1.47. The minimum absolute atomic E-state index is 0.124. The number of hydrogen-bond acceptors (Lipinski definition) is 4. The molecule has 4 nitrogen and oxygen atoms in total. The molecule has 124 valence electrons. The highest BCUT2D eigenvalue weighted by molar-refractivity contribution is 7.13. The second-order valence-corrected chi connectivity index (χ2v) is 6.67. The summed E-state index contributed by atoms with van der Waals surface area (Å²) in [6.07, 6.45) is 2.28. The Balaban J connectivity index is 2.03. The van der Waals surface area contributed by atoms with Crippen molar-refractivity contribution in [1.82, 2.24) is 4.98 Å². The first kappa shape index (κ1) is 17.6. The van der Waals surface area contributed by atoms with Crippen LogP contribution in [0.4, 0.5) is 0 Å². The van der Waals surface area contributed by atoms with Crippen LogP contribution in [0.5, 0.6) is 0 Å². The first-order valence-electron chi connectivity index (χ1n) is 8.19. The molecular weight excluding hydrogens is 308 g/mol. The number of aliphatic carboxylic acids is 1. The fourth-order valence-corrected chi connectivity index (χ4v) is 3.56. The van der Waals surface area contributed by atoms with Crippen molar-refractivity contribution in [3.63, 3.8) is 0 Å². The summed E-state index contributed by atoms with van der Waals surface area (Å²) in [6, 6.07) is 8.46. The lowest BCUT2D eigenvalue weighted by Gasteiger charge is -2.18. The summed E-state index contributed by atoms with van der Waals surface area (Å²) < 4.78 is 0. The maximum atomic E-state index is 10.6. The van der Waals surface area contributed by atoms with Gasteiger partial charge in [-0.25, -0.2) is 4.98 Å². The molecule has 1 heterocycles. The number of benzene rings is 1. The maximum Gasteiger partial charge on any atom is 0.123 e. The van der Waals surface area contributed by atoms with E-state index < -0.39 is 5.97 Å². The third-order valence-corrected chi connectivity index (χ3v) is 4.68. The molecule has 0 atom stereocenters. The molecule has 0 aliphatic carbocycles. The summed E-state index contributed by atoms with van der Waals surface area (Å²) in [5, 5.41) is 13.3. The molecule has 1 aromatic heterocycles. The normalized spacial score (nSPS) is 11.1. The van der Waals surface area contributed by atoms with E-state index in [2.05, 4.69) is 43.1 Å². The number of aromatic nitrogens is 1. The van der Waals surface area contributed by atoms with Gasteiger partial charge in [0.25, 0.3) is 0 Å². The van der Waals surface area contributed by atoms with Gasteiger partial charge >= 0.3 is 0 Å². The molecule has 0 saturated heterocycles. The molecule has 0 radical (unpaired) electrons. The van der Waals surface area contributed by atoms with Gasteiger partial charge in [-0.05, 0) is 12.8 Å². The molecule has 1 N–H and O–H groups in total. The standard InChI is InChI=1S/C18H24N2O2S/c1-3-9-20(10-4-2)12-14-5-7-15(8-6-14)18-19-16(13-23-18)11-17(21)22/h5-8,13H,3-4,9-12H2,1-2H3,(H,21,22). The van der Waals surface area contributed by atoms with E-state index in [9.17, 15) is 9.90 Å². The van der Waals surface area contributed by atoms with E-state index in [0.29, 0.717) is 5.69 Å². The molecule has 0 bridgehead atoms. The minimum atomic E-state index is -1.09. The lowest BCUT2D eigenvalue weighted by molar-refractivity contribution is -0.914. The Hall–Kier alpha value is -1.72. The summed E-state index contributed by atoms with van der Waals surface area (Å²) in [5.41, 5.74) is 2.93. The Morgan fingerprint density at radius 3 is 2.39 bits per heavy atom. The van der Waals surface area contributed by atoms with Crippen LogP contribution in [0.2, 0.25) is 0 Å². The predicted octanol–water partition coefficient (Wildman–Crippen LogP) is 1.31. The van der Waals surface area contributed by atoms with E-state index in [0.717, 1.165) is 17.1 Å². The maximum absolute atomic E-state index is 10.6. The summed E-state index contributed by atoms with van der Waals surface area (Å²) in [5.74, 6) is -1.09. The van der Waals surface area contributed by atoms with Crippen LogP contribution in [-0.4, -0.2) is 24.0 Å². The quantitative estimate of drug-likeness (QED) is 0.753. The Bertz CT molecular complexity index is 616. The number of hydrogen-bond donors (Lipinski definition) is 1. The second kappa shape index (κ2) is 8.79. The molecule has 0 aliphatic heterocycles. The molecule has 0 unspecified atom stereocenters. The Kier molecular flexibility index (Phi) is 6.74. The van der Waals surface area contributed by atoms with Gasteiger partial charge in [-0.1, -0.05) is 38.1 Å². The largest absolute Gasteiger partial charge is 0.550 e.